The highest BCUT2D eigenvalue weighted by atomic mass is 32.2. The van der Waals surface area contributed by atoms with Crippen molar-refractivity contribution >= 4 is 29.1 Å². The molecule has 2 heterocycles. The van der Waals surface area contributed by atoms with Crippen LogP contribution in [0.2, 0.25) is 0 Å². The van der Waals surface area contributed by atoms with E-state index in [9.17, 15) is 9.59 Å². The largest absolute Gasteiger partial charge is 0.326 e. The fourth-order valence-corrected chi connectivity index (χ4v) is 3.06. The van der Waals surface area contributed by atoms with E-state index in [1.165, 1.54) is 11.8 Å². The fourth-order valence-electron chi connectivity index (χ4n) is 2.19. The van der Waals surface area contributed by atoms with E-state index in [1.54, 1.807) is 24.5 Å². The standard InChI is InChI=1S/C14H14N4O2S/c1-2-18-8-15-17-14(18)21-7-12(19)9-3-4-11-10(5-9)6-13(20)16-11/h3-5,8H,2,6-7H2,1H3,(H,16,20). The molecule has 6 nitrogen and oxygen atoms in total. The number of carbonyl (C=O) groups excluding carboxylic acids is 2. The molecule has 7 heteroatoms. The van der Waals surface area contributed by atoms with Crippen molar-refractivity contribution in [2.45, 2.75) is 25.0 Å². The van der Waals surface area contributed by atoms with Gasteiger partial charge in [0.2, 0.25) is 5.91 Å². The number of ketones is 1. The van der Waals surface area contributed by atoms with E-state index in [1.807, 2.05) is 11.5 Å². The maximum absolute atomic E-state index is 12.2. The third-order valence-corrected chi connectivity index (χ3v) is 4.29. The van der Waals surface area contributed by atoms with E-state index in [2.05, 4.69) is 15.5 Å². The lowest BCUT2D eigenvalue weighted by molar-refractivity contribution is -0.115. The minimum absolute atomic E-state index is 0.0211. The Labute approximate surface area is 125 Å². The molecule has 2 aromatic rings. The van der Waals surface area contributed by atoms with Gasteiger partial charge in [-0.05, 0) is 30.7 Å². The summed E-state index contributed by atoms with van der Waals surface area (Å²) in [6.45, 7) is 2.77. The molecule has 21 heavy (non-hydrogen) atoms. The number of benzene rings is 1. The summed E-state index contributed by atoms with van der Waals surface area (Å²) < 4.78 is 1.89. The van der Waals surface area contributed by atoms with Crippen LogP contribution < -0.4 is 5.32 Å². The van der Waals surface area contributed by atoms with E-state index >= 15 is 0 Å². The Kier molecular flexibility index (Phi) is 3.74. The van der Waals surface area contributed by atoms with Crippen molar-refractivity contribution in [2.75, 3.05) is 11.1 Å². The van der Waals surface area contributed by atoms with E-state index in [4.69, 9.17) is 0 Å². The van der Waals surface area contributed by atoms with Crippen LogP contribution in [-0.2, 0) is 17.8 Å². The Balaban J connectivity index is 1.69. The monoisotopic (exact) mass is 302 g/mol. The number of aryl methyl sites for hydroxylation is 1. The number of aromatic nitrogens is 3. The summed E-state index contributed by atoms with van der Waals surface area (Å²) in [4.78, 5) is 23.6. The lowest BCUT2D eigenvalue weighted by atomic mass is 10.1. The van der Waals surface area contributed by atoms with Crippen LogP contribution in [0, 0.1) is 0 Å². The van der Waals surface area contributed by atoms with Gasteiger partial charge in [-0.2, -0.15) is 0 Å². The predicted octanol–water partition coefficient (Wildman–Crippen LogP) is 1.77. The van der Waals surface area contributed by atoms with E-state index in [-0.39, 0.29) is 11.7 Å². The average Bonchev–Trinajstić information content (AvgIpc) is 3.08. The number of Topliss-reactive ketones (excluding diaryl/α,β-unsaturated/α-hetero) is 1. The molecule has 0 spiro atoms. The second-order valence-corrected chi connectivity index (χ2v) is 5.65. The van der Waals surface area contributed by atoms with Gasteiger partial charge in [0.15, 0.2) is 10.9 Å². The zero-order valence-corrected chi connectivity index (χ0v) is 12.3. The molecule has 1 aromatic heterocycles. The Morgan fingerprint density at radius 1 is 1.48 bits per heavy atom. The number of nitrogens with zero attached hydrogens (tertiary/aromatic N) is 3. The van der Waals surface area contributed by atoms with Crippen molar-refractivity contribution in [2.24, 2.45) is 0 Å². The number of thioether (sulfide) groups is 1. The molecule has 1 N–H and O–H groups in total. The van der Waals surface area contributed by atoms with Gasteiger partial charge in [0.05, 0.1) is 12.2 Å². The van der Waals surface area contributed by atoms with Gasteiger partial charge in [0.1, 0.15) is 6.33 Å². The highest BCUT2D eigenvalue weighted by Gasteiger charge is 2.19. The number of fused-ring (bicyclic) bond motifs is 1. The van der Waals surface area contributed by atoms with Crippen molar-refractivity contribution < 1.29 is 9.59 Å². The summed E-state index contributed by atoms with van der Waals surface area (Å²) >= 11 is 1.37. The zero-order chi connectivity index (χ0) is 14.8. The summed E-state index contributed by atoms with van der Waals surface area (Å²) in [5.41, 5.74) is 2.31. The van der Waals surface area contributed by atoms with Crippen LogP contribution >= 0.6 is 11.8 Å². The van der Waals surface area contributed by atoms with Crippen LogP contribution in [0.5, 0.6) is 0 Å². The Hall–Kier alpha value is -2.15. The van der Waals surface area contributed by atoms with Crippen molar-refractivity contribution in [3.05, 3.63) is 35.7 Å². The number of nitrogens with one attached hydrogen (secondary N) is 1. The summed E-state index contributed by atoms with van der Waals surface area (Å²) in [5, 5.41) is 11.3. The zero-order valence-electron chi connectivity index (χ0n) is 11.5. The van der Waals surface area contributed by atoms with Crippen LogP contribution in [0.3, 0.4) is 0 Å². The Morgan fingerprint density at radius 3 is 3.14 bits per heavy atom. The molecule has 1 aliphatic heterocycles. The van der Waals surface area contributed by atoms with Crippen LogP contribution in [-0.4, -0.2) is 32.2 Å². The summed E-state index contributed by atoms with van der Waals surface area (Å²) in [5.74, 6) is 0.298. The lowest BCUT2D eigenvalue weighted by Crippen LogP contribution is -2.04. The number of hydrogen-bond donors (Lipinski definition) is 1. The van der Waals surface area contributed by atoms with Gasteiger partial charge in [0.25, 0.3) is 0 Å². The molecule has 108 valence electrons. The number of anilines is 1. The molecular formula is C14H14N4O2S. The van der Waals surface area contributed by atoms with E-state index in [0.29, 0.717) is 17.7 Å². The maximum Gasteiger partial charge on any atom is 0.228 e. The van der Waals surface area contributed by atoms with Gasteiger partial charge >= 0.3 is 0 Å². The van der Waals surface area contributed by atoms with Crippen molar-refractivity contribution in [3.63, 3.8) is 0 Å². The first-order valence-electron chi connectivity index (χ1n) is 6.64. The quantitative estimate of drug-likeness (QED) is 0.673. The van der Waals surface area contributed by atoms with Crippen LogP contribution in [0.1, 0.15) is 22.8 Å². The van der Waals surface area contributed by atoms with Gasteiger partial charge in [-0.1, -0.05) is 11.8 Å². The third kappa shape index (κ3) is 2.82. The molecule has 0 aliphatic carbocycles. The summed E-state index contributed by atoms with van der Waals surface area (Å²) in [6.07, 6.45) is 1.99. The lowest BCUT2D eigenvalue weighted by Gasteiger charge is -2.04. The molecule has 1 aliphatic rings. The van der Waals surface area contributed by atoms with Crippen LogP contribution in [0.4, 0.5) is 5.69 Å². The molecular weight excluding hydrogens is 288 g/mol. The molecule has 0 radical (unpaired) electrons. The first kappa shape index (κ1) is 13.8. The Morgan fingerprint density at radius 2 is 2.33 bits per heavy atom. The first-order chi connectivity index (χ1) is 10.2. The van der Waals surface area contributed by atoms with Crippen molar-refractivity contribution in [1.82, 2.24) is 14.8 Å². The van der Waals surface area contributed by atoms with Gasteiger partial charge in [-0.15, -0.1) is 10.2 Å². The van der Waals surface area contributed by atoms with Gasteiger partial charge in [-0.3, -0.25) is 9.59 Å². The van der Waals surface area contributed by atoms with E-state index in [0.717, 1.165) is 23.0 Å². The van der Waals surface area contributed by atoms with Gasteiger partial charge in [-0.25, -0.2) is 0 Å². The minimum atomic E-state index is -0.0278. The topological polar surface area (TPSA) is 76.9 Å². The number of rotatable bonds is 5. The smallest absolute Gasteiger partial charge is 0.228 e. The van der Waals surface area contributed by atoms with E-state index < -0.39 is 0 Å². The summed E-state index contributed by atoms with van der Waals surface area (Å²) in [7, 11) is 0. The SMILES string of the molecule is CCn1cnnc1SCC(=O)c1ccc2c(c1)CC(=O)N2. The van der Waals surface area contributed by atoms with Crippen molar-refractivity contribution in [3.8, 4) is 0 Å². The van der Waals surface area contributed by atoms with Crippen LogP contribution in [0.15, 0.2) is 29.7 Å². The molecule has 0 atom stereocenters. The third-order valence-electron chi connectivity index (χ3n) is 3.31. The average molecular weight is 302 g/mol. The highest BCUT2D eigenvalue weighted by Crippen LogP contribution is 2.25. The molecule has 1 amide bonds. The molecule has 0 bridgehead atoms. The molecule has 1 aromatic carbocycles. The maximum atomic E-state index is 12.2. The normalized spacial score (nSPS) is 13.1. The van der Waals surface area contributed by atoms with Crippen LogP contribution in [0.25, 0.3) is 0 Å². The molecule has 0 saturated heterocycles. The minimum Gasteiger partial charge on any atom is -0.326 e. The number of hydrogen-bond acceptors (Lipinski definition) is 5. The highest BCUT2D eigenvalue weighted by molar-refractivity contribution is 7.99. The second-order valence-electron chi connectivity index (χ2n) is 4.71. The van der Waals surface area contributed by atoms with Crippen molar-refractivity contribution in [1.29, 1.82) is 0 Å². The van der Waals surface area contributed by atoms with Gasteiger partial charge < -0.3 is 9.88 Å². The fraction of sp³-hybridized carbons (Fsp3) is 0.286. The Bertz CT molecular complexity index is 711. The summed E-state index contributed by atoms with van der Waals surface area (Å²) in [6, 6.07) is 5.32. The number of carbonyl (C=O) groups is 2. The molecule has 0 saturated carbocycles. The second kappa shape index (κ2) is 5.69. The number of amides is 1. The molecule has 0 unspecified atom stereocenters. The molecule has 3 rings (SSSR count). The predicted molar refractivity (Wildman–Crippen MR) is 79.5 cm³/mol. The first-order valence-corrected chi connectivity index (χ1v) is 7.62. The molecule has 0 fully saturated rings. The van der Waals surface area contributed by atoms with Gasteiger partial charge in [0, 0.05) is 17.8 Å².